The minimum absolute atomic E-state index is 0. The summed E-state index contributed by atoms with van der Waals surface area (Å²) in [6.45, 7) is 5.00. The molecule has 1 aliphatic rings. The smallest absolute Gasteiger partial charge is 0.222 e. The summed E-state index contributed by atoms with van der Waals surface area (Å²) >= 11 is 0. The van der Waals surface area contributed by atoms with Crippen molar-refractivity contribution in [2.24, 2.45) is 5.73 Å². The fourth-order valence-electron chi connectivity index (χ4n) is 3.16. The van der Waals surface area contributed by atoms with Gasteiger partial charge in [0.05, 0.1) is 0 Å². The Kier molecular flexibility index (Phi) is 7.91. The lowest BCUT2D eigenvalue weighted by atomic mass is 9.96. The first-order valence-corrected chi connectivity index (χ1v) is 8.18. The zero-order chi connectivity index (χ0) is 15.2. The minimum atomic E-state index is 0. The average molecular weight is 325 g/mol. The van der Waals surface area contributed by atoms with E-state index in [1.807, 2.05) is 11.8 Å². The maximum Gasteiger partial charge on any atom is 0.222 e. The van der Waals surface area contributed by atoms with E-state index in [0.717, 1.165) is 32.2 Å². The molecule has 3 nitrogen and oxygen atoms in total. The van der Waals surface area contributed by atoms with E-state index in [2.05, 4.69) is 31.2 Å². The van der Waals surface area contributed by atoms with Gasteiger partial charge >= 0.3 is 0 Å². The lowest BCUT2D eigenvalue weighted by Crippen LogP contribution is -2.51. The van der Waals surface area contributed by atoms with Gasteiger partial charge in [0.15, 0.2) is 0 Å². The molecule has 1 aromatic rings. The van der Waals surface area contributed by atoms with Crippen LogP contribution in [-0.4, -0.2) is 29.4 Å². The number of amides is 1. The molecule has 0 spiro atoms. The molecular formula is C18H29ClN2O. The second-order valence-electron chi connectivity index (χ2n) is 6.35. The van der Waals surface area contributed by atoms with E-state index in [0.29, 0.717) is 6.42 Å². The average Bonchev–Trinajstić information content (AvgIpc) is 2.49. The number of benzene rings is 1. The number of aryl methyl sites for hydroxylation is 2. The van der Waals surface area contributed by atoms with Crippen molar-refractivity contribution in [3.8, 4) is 0 Å². The predicted molar refractivity (Wildman–Crippen MR) is 94.4 cm³/mol. The van der Waals surface area contributed by atoms with Crippen molar-refractivity contribution in [3.63, 3.8) is 0 Å². The van der Waals surface area contributed by atoms with Crippen molar-refractivity contribution < 1.29 is 4.79 Å². The van der Waals surface area contributed by atoms with E-state index in [-0.39, 0.29) is 30.4 Å². The van der Waals surface area contributed by atoms with Gasteiger partial charge in [-0.15, -0.1) is 12.4 Å². The van der Waals surface area contributed by atoms with Crippen LogP contribution in [0.4, 0.5) is 0 Å². The Labute approximate surface area is 140 Å². The minimum Gasteiger partial charge on any atom is -0.338 e. The maximum atomic E-state index is 12.4. The van der Waals surface area contributed by atoms with Crippen LogP contribution >= 0.6 is 12.4 Å². The first-order valence-electron chi connectivity index (χ1n) is 8.18. The number of hydrogen-bond donors (Lipinski definition) is 1. The Morgan fingerprint density at radius 2 is 2.00 bits per heavy atom. The van der Waals surface area contributed by atoms with Crippen molar-refractivity contribution in [1.82, 2.24) is 4.90 Å². The van der Waals surface area contributed by atoms with Crippen LogP contribution in [0.5, 0.6) is 0 Å². The third kappa shape index (κ3) is 5.29. The number of hydrogen-bond acceptors (Lipinski definition) is 2. The molecule has 22 heavy (non-hydrogen) atoms. The Hall–Kier alpha value is -1.06. The third-order valence-electron chi connectivity index (χ3n) is 4.45. The van der Waals surface area contributed by atoms with Crippen LogP contribution in [0.15, 0.2) is 24.3 Å². The molecule has 1 fully saturated rings. The van der Waals surface area contributed by atoms with Gasteiger partial charge in [-0.05, 0) is 51.5 Å². The molecule has 1 aliphatic heterocycles. The van der Waals surface area contributed by atoms with E-state index in [1.165, 1.54) is 17.5 Å². The number of nitrogens with two attached hydrogens (primary N) is 1. The number of halogens is 1. The van der Waals surface area contributed by atoms with Crippen LogP contribution in [0, 0.1) is 6.92 Å². The molecule has 2 atom stereocenters. The van der Waals surface area contributed by atoms with Gasteiger partial charge in [-0.3, -0.25) is 4.79 Å². The van der Waals surface area contributed by atoms with Crippen molar-refractivity contribution in [1.29, 1.82) is 0 Å². The maximum absolute atomic E-state index is 12.4. The van der Waals surface area contributed by atoms with Crippen LogP contribution in [0.25, 0.3) is 0 Å². The van der Waals surface area contributed by atoms with Gasteiger partial charge in [0, 0.05) is 25.0 Å². The van der Waals surface area contributed by atoms with Crippen molar-refractivity contribution in [3.05, 3.63) is 35.4 Å². The van der Waals surface area contributed by atoms with Gasteiger partial charge in [-0.1, -0.05) is 29.8 Å². The second kappa shape index (κ2) is 9.16. The molecule has 0 aromatic heterocycles. The monoisotopic (exact) mass is 324 g/mol. The molecule has 0 aliphatic carbocycles. The zero-order valence-corrected chi connectivity index (χ0v) is 14.6. The van der Waals surface area contributed by atoms with E-state index >= 15 is 0 Å². The molecule has 0 bridgehead atoms. The number of likely N-dealkylation sites (tertiary alicyclic amines) is 1. The standard InChI is InChI=1S/C18H28N2O.ClH/c1-14-9-11-16(12-10-14)6-5-8-18(21)20-13-4-3-7-17(20)15(2)19;/h9-12,15,17H,3-8,13,19H2,1-2H3;1H. The molecule has 0 radical (unpaired) electrons. The fourth-order valence-corrected chi connectivity index (χ4v) is 3.16. The fraction of sp³-hybridized carbons (Fsp3) is 0.611. The highest BCUT2D eigenvalue weighted by Gasteiger charge is 2.28. The number of nitrogens with zero attached hydrogens (tertiary/aromatic N) is 1. The summed E-state index contributed by atoms with van der Waals surface area (Å²) in [4.78, 5) is 14.5. The number of piperidine rings is 1. The molecule has 1 aromatic carbocycles. The van der Waals surface area contributed by atoms with E-state index in [9.17, 15) is 4.79 Å². The largest absolute Gasteiger partial charge is 0.338 e. The van der Waals surface area contributed by atoms with Gasteiger partial charge in [0.1, 0.15) is 0 Å². The van der Waals surface area contributed by atoms with Gasteiger partial charge in [-0.2, -0.15) is 0 Å². The second-order valence-corrected chi connectivity index (χ2v) is 6.35. The van der Waals surface area contributed by atoms with E-state index in [1.54, 1.807) is 0 Å². The molecule has 2 N–H and O–H groups in total. The molecule has 4 heteroatoms. The summed E-state index contributed by atoms with van der Waals surface area (Å²) in [5.41, 5.74) is 8.63. The van der Waals surface area contributed by atoms with Crippen LogP contribution in [0.3, 0.4) is 0 Å². The summed E-state index contributed by atoms with van der Waals surface area (Å²) in [6, 6.07) is 8.90. The lowest BCUT2D eigenvalue weighted by molar-refractivity contribution is -0.135. The summed E-state index contributed by atoms with van der Waals surface area (Å²) in [5.74, 6) is 0.282. The molecule has 0 saturated carbocycles. The van der Waals surface area contributed by atoms with Gasteiger partial charge in [0.25, 0.3) is 0 Å². The molecule has 1 heterocycles. The predicted octanol–water partition coefficient (Wildman–Crippen LogP) is 3.47. The lowest BCUT2D eigenvalue weighted by Gasteiger charge is -2.38. The topological polar surface area (TPSA) is 46.3 Å². The molecule has 1 amide bonds. The van der Waals surface area contributed by atoms with E-state index < -0.39 is 0 Å². The summed E-state index contributed by atoms with van der Waals surface area (Å²) in [5, 5.41) is 0. The Morgan fingerprint density at radius 3 is 2.64 bits per heavy atom. The highest BCUT2D eigenvalue weighted by atomic mass is 35.5. The summed E-state index contributed by atoms with van der Waals surface area (Å²) < 4.78 is 0. The van der Waals surface area contributed by atoms with Crippen LogP contribution in [-0.2, 0) is 11.2 Å². The highest BCUT2D eigenvalue weighted by molar-refractivity contribution is 5.85. The molecule has 1 saturated heterocycles. The van der Waals surface area contributed by atoms with Crippen LogP contribution in [0.1, 0.15) is 50.2 Å². The van der Waals surface area contributed by atoms with Gasteiger partial charge < -0.3 is 10.6 Å². The van der Waals surface area contributed by atoms with Crippen molar-refractivity contribution >= 4 is 18.3 Å². The van der Waals surface area contributed by atoms with E-state index in [4.69, 9.17) is 5.73 Å². The van der Waals surface area contributed by atoms with Crippen LogP contribution in [0.2, 0.25) is 0 Å². The zero-order valence-electron chi connectivity index (χ0n) is 13.8. The highest BCUT2D eigenvalue weighted by Crippen LogP contribution is 2.20. The van der Waals surface area contributed by atoms with Gasteiger partial charge in [-0.25, -0.2) is 0 Å². The number of carbonyl (C=O) groups excluding carboxylic acids is 1. The summed E-state index contributed by atoms with van der Waals surface area (Å²) in [7, 11) is 0. The van der Waals surface area contributed by atoms with Crippen molar-refractivity contribution in [2.45, 2.75) is 64.5 Å². The quantitative estimate of drug-likeness (QED) is 0.901. The normalized spacial score (nSPS) is 19.4. The summed E-state index contributed by atoms with van der Waals surface area (Å²) in [6.07, 6.45) is 5.90. The van der Waals surface area contributed by atoms with Crippen molar-refractivity contribution in [2.75, 3.05) is 6.54 Å². The Balaban J connectivity index is 0.00000242. The third-order valence-corrected chi connectivity index (χ3v) is 4.45. The molecular weight excluding hydrogens is 296 g/mol. The molecule has 2 rings (SSSR count). The Morgan fingerprint density at radius 1 is 1.32 bits per heavy atom. The Bertz CT molecular complexity index is 459. The molecule has 124 valence electrons. The van der Waals surface area contributed by atoms with Gasteiger partial charge in [0.2, 0.25) is 5.91 Å². The first kappa shape index (κ1) is 19.0. The molecule has 2 unspecified atom stereocenters. The number of rotatable bonds is 5. The number of carbonyl (C=O) groups is 1. The first-order chi connectivity index (χ1) is 10.1. The van der Waals surface area contributed by atoms with Crippen LogP contribution < -0.4 is 5.73 Å². The SMILES string of the molecule is Cc1ccc(CCCC(=O)N2CCCCC2C(C)N)cc1.Cl.